The number of aromatic nitrogens is 7. The quantitative estimate of drug-likeness (QED) is 0.181. The van der Waals surface area contributed by atoms with Crippen LogP contribution in [0.2, 0.25) is 0 Å². The average molecular weight is 626 g/mol. The first-order chi connectivity index (χ1) is 22.9. The summed E-state index contributed by atoms with van der Waals surface area (Å²) in [4.78, 5) is 34.6. The minimum Gasteiger partial charge on any atom is -0.496 e. The number of nitro groups is 1. The van der Waals surface area contributed by atoms with Crippen LogP contribution in [-0.4, -0.2) is 64.1 Å². The summed E-state index contributed by atoms with van der Waals surface area (Å²) in [5, 5.41) is 26.7. The Balaban J connectivity index is 1.02. The minimum atomic E-state index is -0.446. The zero-order valence-corrected chi connectivity index (χ0v) is 25.2. The molecule has 1 amide bonds. The summed E-state index contributed by atoms with van der Waals surface area (Å²) in [6, 6.07) is 24.4. The van der Waals surface area contributed by atoms with Crippen molar-refractivity contribution in [3.63, 3.8) is 0 Å². The van der Waals surface area contributed by atoms with E-state index >= 15 is 0 Å². The Hall–Kier alpha value is -6.37. The lowest BCUT2D eigenvalue weighted by Gasteiger charge is -2.28. The van der Waals surface area contributed by atoms with Gasteiger partial charge in [0.1, 0.15) is 17.3 Å². The molecule has 13 nitrogen and oxygen atoms in total. The molecule has 0 bridgehead atoms. The molecule has 0 radical (unpaired) electrons. The fourth-order valence-corrected chi connectivity index (χ4v) is 6.11. The largest absolute Gasteiger partial charge is 0.496 e. The van der Waals surface area contributed by atoms with Crippen LogP contribution in [0.25, 0.3) is 44.5 Å². The van der Waals surface area contributed by atoms with Crippen molar-refractivity contribution in [3.8, 4) is 28.4 Å². The predicted molar refractivity (Wildman–Crippen MR) is 174 cm³/mol. The van der Waals surface area contributed by atoms with Gasteiger partial charge in [-0.15, -0.1) is 5.10 Å². The van der Waals surface area contributed by atoms with Gasteiger partial charge in [0.05, 0.1) is 60.8 Å². The molecule has 4 aromatic carbocycles. The summed E-state index contributed by atoms with van der Waals surface area (Å²) in [5.41, 5.74) is 5.90. The Labute approximate surface area is 267 Å². The molecule has 0 unspecified atom stereocenters. The van der Waals surface area contributed by atoms with E-state index < -0.39 is 4.92 Å². The van der Waals surface area contributed by atoms with Gasteiger partial charge in [0.2, 0.25) is 0 Å². The molecule has 47 heavy (non-hydrogen) atoms. The van der Waals surface area contributed by atoms with Gasteiger partial charge in [-0.05, 0) is 41.1 Å². The van der Waals surface area contributed by atoms with Gasteiger partial charge >= 0.3 is 0 Å². The second kappa shape index (κ2) is 11.2. The van der Waals surface area contributed by atoms with Crippen molar-refractivity contribution < 1.29 is 14.5 Å². The van der Waals surface area contributed by atoms with Gasteiger partial charge in [-0.25, -0.2) is 9.67 Å². The number of H-pyrrole nitrogens is 1. The van der Waals surface area contributed by atoms with Crippen LogP contribution < -0.4 is 4.74 Å². The molecule has 8 rings (SSSR count). The molecule has 0 fully saturated rings. The summed E-state index contributed by atoms with van der Waals surface area (Å²) in [6.07, 6.45) is 3.49. The van der Waals surface area contributed by atoms with E-state index in [0.717, 1.165) is 44.5 Å². The highest BCUT2D eigenvalue weighted by Crippen LogP contribution is 2.29. The fraction of sp³-hybridized carbons (Fsp3) is 0.147. The molecule has 3 aromatic heterocycles. The molecule has 13 heteroatoms. The molecule has 0 atom stereocenters. The summed E-state index contributed by atoms with van der Waals surface area (Å²) in [6.45, 7) is 1.63. The Morgan fingerprint density at radius 1 is 1.02 bits per heavy atom. The van der Waals surface area contributed by atoms with Crippen molar-refractivity contribution in [2.75, 3.05) is 13.7 Å². The van der Waals surface area contributed by atoms with Crippen molar-refractivity contribution in [1.29, 1.82) is 0 Å². The number of nitro benzene ring substituents is 1. The number of amides is 1. The van der Waals surface area contributed by atoms with Crippen LogP contribution in [-0.2, 0) is 19.6 Å². The second-order valence-electron chi connectivity index (χ2n) is 11.4. The standard InChI is InChI=1S/C34H27N9O4/c1-47-32-11-9-26(43(45)46)15-25(32)18-41-19-30(38-39-41)27-17-35-42-13-12-40(20-31(27)42)34(44)24-8-10-28-29(16-24)37-33(36-28)23-7-6-21-4-2-3-5-22(21)14-23/h2-11,14-17,19H,12-13,18,20H2,1H3,(H,36,37). The van der Waals surface area contributed by atoms with Gasteiger partial charge in [-0.2, -0.15) is 5.10 Å². The van der Waals surface area contributed by atoms with Crippen LogP contribution in [0.1, 0.15) is 21.6 Å². The highest BCUT2D eigenvalue weighted by atomic mass is 16.6. The molecule has 232 valence electrons. The van der Waals surface area contributed by atoms with Crippen LogP contribution in [0.4, 0.5) is 5.69 Å². The van der Waals surface area contributed by atoms with Crippen LogP contribution in [0, 0.1) is 10.1 Å². The first-order valence-corrected chi connectivity index (χ1v) is 15.0. The van der Waals surface area contributed by atoms with Crippen LogP contribution in [0.15, 0.2) is 91.3 Å². The van der Waals surface area contributed by atoms with Crippen molar-refractivity contribution >= 4 is 33.4 Å². The van der Waals surface area contributed by atoms with Crippen LogP contribution in [0.3, 0.4) is 0 Å². The summed E-state index contributed by atoms with van der Waals surface area (Å²) < 4.78 is 8.88. The zero-order chi connectivity index (χ0) is 32.1. The predicted octanol–water partition coefficient (Wildman–Crippen LogP) is 5.46. The molecule has 0 spiro atoms. The highest BCUT2D eigenvalue weighted by Gasteiger charge is 2.27. The molecule has 4 heterocycles. The lowest BCUT2D eigenvalue weighted by molar-refractivity contribution is -0.384. The average Bonchev–Trinajstić information content (AvgIpc) is 3.85. The van der Waals surface area contributed by atoms with Gasteiger partial charge in [0.25, 0.3) is 11.6 Å². The van der Waals surface area contributed by atoms with Crippen molar-refractivity contribution in [2.45, 2.75) is 19.6 Å². The zero-order valence-electron chi connectivity index (χ0n) is 25.2. The van der Waals surface area contributed by atoms with E-state index in [-0.39, 0.29) is 18.1 Å². The van der Waals surface area contributed by atoms with E-state index in [1.165, 1.54) is 19.2 Å². The van der Waals surface area contributed by atoms with Gasteiger partial charge in [-0.3, -0.25) is 19.6 Å². The number of aromatic amines is 1. The van der Waals surface area contributed by atoms with E-state index in [9.17, 15) is 14.9 Å². The van der Waals surface area contributed by atoms with E-state index in [0.29, 0.717) is 42.2 Å². The molecule has 1 aliphatic heterocycles. The number of fused-ring (bicyclic) bond motifs is 3. The topological polar surface area (TPSA) is 150 Å². The second-order valence-corrected chi connectivity index (χ2v) is 11.4. The number of methoxy groups -OCH3 is 1. The number of nitrogens with one attached hydrogen (secondary N) is 1. The first-order valence-electron chi connectivity index (χ1n) is 15.0. The first kappa shape index (κ1) is 28.1. The molecule has 0 aliphatic carbocycles. The minimum absolute atomic E-state index is 0.0337. The number of carbonyl (C=O) groups is 1. The summed E-state index contributed by atoms with van der Waals surface area (Å²) >= 11 is 0. The number of imidazole rings is 1. The number of carbonyl (C=O) groups excluding carboxylic acids is 1. The maximum absolute atomic E-state index is 13.8. The maximum Gasteiger partial charge on any atom is 0.270 e. The number of nitrogens with zero attached hydrogens (tertiary/aromatic N) is 8. The van der Waals surface area contributed by atoms with E-state index in [1.807, 2.05) is 41.1 Å². The Bertz CT molecular complexity index is 2340. The monoisotopic (exact) mass is 625 g/mol. The number of benzene rings is 4. The number of hydrogen-bond acceptors (Lipinski definition) is 8. The molecular formula is C34H27N9O4. The SMILES string of the molecule is COc1ccc([N+](=O)[O-])cc1Cn1cc(-c2cnn3c2CN(C(=O)c2ccc4nc(-c5ccc6ccccc6c5)[nH]c4c2)CC3)nn1. The molecule has 1 N–H and O–H groups in total. The van der Waals surface area contributed by atoms with E-state index in [4.69, 9.17) is 9.72 Å². The van der Waals surface area contributed by atoms with Crippen molar-refractivity contribution in [2.24, 2.45) is 0 Å². The Kier molecular flexibility index (Phi) is 6.71. The number of hydrogen-bond donors (Lipinski definition) is 1. The molecule has 7 aromatic rings. The van der Waals surface area contributed by atoms with Gasteiger partial charge < -0.3 is 14.6 Å². The third-order valence-electron chi connectivity index (χ3n) is 8.53. The van der Waals surface area contributed by atoms with Gasteiger partial charge in [0.15, 0.2) is 0 Å². The molecular weight excluding hydrogens is 598 g/mol. The summed E-state index contributed by atoms with van der Waals surface area (Å²) in [7, 11) is 1.51. The number of non-ortho nitro benzene ring substituents is 1. The lowest BCUT2D eigenvalue weighted by Crippen LogP contribution is -2.38. The Morgan fingerprint density at radius 2 is 1.89 bits per heavy atom. The third kappa shape index (κ3) is 5.13. The van der Waals surface area contributed by atoms with Crippen LogP contribution >= 0.6 is 0 Å². The van der Waals surface area contributed by atoms with Gasteiger partial charge in [0, 0.05) is 40.9 Å². The Morgan fingerprint density at radius 3 is 2.74 bits per heavy atom. The van der Waals surface area contributed by atoms with Crippen LogP contribution in [0.5, 0.6) is 5.75 Å². The molecule has 0 saturated carbocycles. The smallest absolute Gasteiger partial charge is 0.270 e. The lowest BCUT2D eigenvalue weighted by atomic mass is 10.1. The molecule has 0 saturated heterocycles. The van der Waals surface area contributed by atoms with E-state index in [1.54, 1.807) is 28.0 Å². The normalized spacial score (nSPS) is 12.8. The highest BCUT2D eigenvalue weighted by molar-refractivity contribution is 5.98. The van der Waals surface area contributed by atoms with Gasteiger partial charge in [-0.1, -0.05) is 41.6 Å². The number of ether oxygens (including phenoxy) is 1. The fourth-order valence-electron chi connectivity index (χ4n) is 6.11. The third-order valence-corrected chi connectivity index (χ3v) is 8.53. The van der Waals surface area contributed by atoms with E-state index in [2.05, 4.69) is 44.7 Å². The van der Waals surface area contributed by atoms with Crippen molar-refractivity contribution in [3.05, 3.63) is 118 Å². The maximum atomic E-state index is 13.8. The van der Waals surface area contributed by atoms with Crippen molar-refractivity contribution in [1.82, 2.24) is 39.6 Å². The summed E-state index contributed by atoms with van der Waals surface area (Å²) in [5.74, 6) is 1.18. The number of rotatable bonds is 7. The molecule has 1 aliphatic rings.